The van der Waals surface area contributed by atoms with Crippen LogP contribution in [-0.4, -0.2) is 49.6 Å². The molecule has 0 heterocycles. The molecule has 0 rings (SSSR count). The zero-order chi connectivity index (χ0) is 12.4. The molecule has 0 aliphatic heterocycles. The summed E-state index contributed by atoms with van der Waals surface area (Å²) in [5.74, 6) is 0.568. The predicted molar refractivity (Wildman–Crippen MR) is 69.0 cm³/mol. The van der Waals surface area contributed by atoms with Gasteiger partial charge in [-0.15, -0.1) is 0 Å². The third kappa shape index (κ3) is 7.35. The van der Waals surface area contributed by atoms with Gasteiger partial charge in [0.05, 0.1) is 6.61 Å². The maximum absolute atomic E-state index is 5.60. The van der Waals surface area contributed by atoms with Gasteiger partial charge in [-0.3, -0.25) is 0 Å². The van der Waals surface area contributed by atoms with Gasteiger partial charge in [-0.25, -0.2) is 0 Å². The molecule has 0 aromatic carbocycles. The van der Waals surface area contributed by atoms with Crippen molar-refractivity contribution in [2.24, 2.45) is 5.92 Å². The van der Waals surface area contributed by atoms with Gasteiger partial charge in [0.2, 0.25) is 0 Å². The van der Waals surface area contributed by atoms with Gasteiger partial charge in [-0.05, 0) is 38.5 Å². The fourth-order valence-corrected chi connectivity index (χ4v) is 2.84. The topological polar surface area (TPSA) is 39.7 Å². The van der Waals surface area contributed by atoms with E-state index < -0.39 is 8.56 Å². The lowest BCUT2D eigenvalue weighted by Gasteiger charge is -2.22. The molecule has 1 atom stereocenters. The average Bonchev–Trinajstić information content (AvgIpc) is 2.28. The van der Waals surface area contributed by atoms with E-state index in [0.29, 0.717) is 5.92 Å². The molecule has 0 saturated heterocycles. The molecule has 5 heteroatoms. The van der Waals surface area contributed by atoms with Crippen LogP contribution in [0.25, 0.3) is 0 Å². The van der Waals surface area contributed by atoms with Crippen molar-refractivity contribution in [2.75, 3.05) is 41.0 Å². The highest BCUT2D eigenvalue weighted by Gasteiger charge is 2.27. The van der Waals surface area contributed by atoms with Crippen LogP contribution in [0.4, 0.5) is 0 Å². The van der Waals surface area contributed by atoms with Gasteiger partial charge >= 0.3 is 8.56 Å². The molecule has 0 radical (unpaired) electrons. The molecule has 0 aliphatic rings. The highest BCUT2D eigenvalue weighted by atomic mass is 28.4. The molecule has 0 aromatic rings. The maximum atomic E-state index is 5.60. The van der Waals surface area contributed by atoms with Crippen molar-refractivity contribution < 1.29 is 13.6 Å². The Morgan fingerprint density at radius 3 is 2.38 bits per heavy atom. The summed E-state index contributed by atoms with van der Waals surface area (Å²) in [6.45, 7) is 6.88. The first-order valence-electron chi connectivity index (χ1n) is 5.90. The second kappa shape index (κ2) is 9.12. The van der Waals surface area contributed by atoms with Crippen molar-refractivity contribution in [1.82, 2.24) is 5.32 Å². The monoisotopic (exact) mass is 249 g/mol. The zero-order valence-electron chi connectivity index (χ0n) is 11.3. The molecule has 0 aliphatic carbocycles. The van der Waals surface area contributed by atoms with Crippen molar-refractivity contribution in [3.63, 3.8) is 0 Å². The lowest BCUT2D eigenvalue weighted by atomic mass is 10.2. The summed E-state index contributed by atoms with van der Waals surface area (Å²) < 4.78 is 16.4. The van der Waals surface area contributed by atoms with Crippen LogP contribution in [0, 0.1) is 5.92 Å². The first-order chi connectivity index (χ1) is 7.58. The molecular formula is C11H27NO3Si. The molecule has 0 bridgehead atoms. The normalized spacial score (nSPS) is 14.1. The van der Waals surface area contributed by atoms with E-state index in [1.807, 2.05) is 7.05 Å². The summed E-state index contributed by atoms with van der Waals surface area (Å²) in [7, 11) is 3.54. The van der Waals surface area contributed by atoms with E-state index in [1.165, 1.54) is 0 Å². The zero-order valence-corrected chi connectivity index (χ0v) is 12.3. The minimum atomic E-state index is -1.88. The number of hydrogen-bond donors (Lipinski definition) is 1. The molecule has 4 nitrogen and oxygen atoms in total. The molecule has 0 spiro atoms. The molecule has 16 heavy (non-hydrogen) atoms. The maximum Gasteiger partial charge on any atom is 0.334 e. The van der Waals surface area contributed by atoms with Crippen molar-refractivity contribution in [2.45, 2.75) is 25.9 Å². The van der Waals surface area contributed by atoms with Gasteiger partial charge in [0.25, 0.3) is 0 Å². The molecule has 1 N–H and O–H groups in total. The minimum Gasteiger partial charge on any atom is -0.398 e. The Hall–Kier alpha value is 0.0569. The first kappa shape index (κ1) is 16.1. The Balaban J connectivity index is 3.46. The van der Waals surface area contributed by atoms with Crippen molar-refractivity contribution in [1.29, 1.82) is 0 Å². The van der Waals surface area contributed by atoms with Crippen LogP contribution in [0.5, 0.6) is 0 Å². The Kier molecular flexibility index (Phi) is 9.16. The summed E-state index contributed by atoms with van der Waals surface area (Å²) in [5.41, 5.74) is 0. The third-order valence-corrected chi connectivity index (χ3v) is 5.73. The molecule has 1 unspecified atom stereocenters. The molecule has 0 fully saturated rings. The van der Waals surface area contributed by atoms with Gasteiger partial charge < -0.3 is 18.9 Å². The van der Waals surface area contributed by atoms with Crippen LogP contribution < -0.4 is 5.32 Å². The van der Waals surface area contributed by atoms with Crippen molar-refractivity contribution >= 4 is 8.56 Å². The summed E-state index contributed by atoms with van der Waals surface area (Å²) in [6.07, 6.45) is 1.01. The van der Waals surface area contributed by atoms with E-state index in [9.17, 15) is 0 Å². The van der Waals surface area contributed by atoms with E-state index in [1.54, 1.807) is 14.2 Å². The predicted octanol–water partition coefficient (Wildman–Crippen LogP) is 1.61. The second-order valence-corrected chi connectivity index (χ2v) is 7.97. The van der Waals surface area contributed by atoms with Gasteiger partial charge in [0, 0.05) is 20.8 Å². The second-order valence-electron chi connectivity index (χ2n) is 4.38. The molecule has 98 valence electrons. The highest BCUT2D eigenvalue weighted by Crippen LogP contribution is 2.13. The Bertz CT molecular complexity index is 165. The summed E-state index contributed by atoms with van der Waals surface area (Å²) in [5, 5.41) is 3.14. The number of ether oxygens (including phenoxy) is 1. The fraction of sp³-hybridized carbons (Fsp3) is 1.00. The van der Waals surface area contributed by atoms with E-state index in [0.717, 1.165) is 32.2 Å². The lowest BCUT2D eigenvalue weighted by molar-refractivity contribution is 0.103. The minimum absolute atomic E-state index is 0.568. The number of rotatable bonds is 10. The van der Waals surface area contributed by atoms with Crippen LogP contribution in [0.1, 0.15) is 13.3 Å². The Labute approximate surface area is 101 Å². The quantitative estimate of drug-likeness (QED) is 0.472. The molecule has 0 saturated carbocycles. The molecule has 0 amide bonds. The van der Waals surface area contributed by atoms with Gasteiger partial charge in [0.1, 0.15) is 0 Å². The van der Waals surface area contributed by atoms with E-state index >= 15 is 0 Å². The van der Waals surface area contributed by atoms with Crippen molar-refractivity contribution in [3.8, 4) is 0 Å². The third-order valence-electron chi connectivity index (χ3n) is 2.74. The fourth-order valence-electron chi connectivity index (χ4n) is 1.47. The van der Waals surface area contributed by atoms with E-state index in [2.05, 4.69) is 18.8 Å². The van der Waals surface area contributed by atoms with Crippen LogP contribution in [-0.2, 0) is 13.6 Å². The lowest BCUT2D eigenvalue weighted by Crippen LogP contribution is -2.36. The standard InChI is InChI=1S/C11H27NO3Si/c1-11(9-12-2)10-15-7-6-8-16(5,13-3)14-4/h11-12H,6-10H2,1-5H3. The summed E-state index contributed by atoms with van der Waals surface area (Å²) in [6, 6.07) is 0.987. The van der Waals surface area contributed by atoms with Gasteiger partial charge in [-0.1, -0.05) is 6.92 Å². The van der Waals surface area contributed by atoms with Gasteiger partial charge in [-0.2, -0.15) is 0 Å². The van der Waals surface area contributed by atoms with Crippen LogP contribution >= 0.6 is 0 Å². The first-order valence-corrected chi connectivity index (χ1v) is 8.43. The van der Waals surface area contributed by atoms with Crippen LogP contribution in [0.3, 0.4) is 0 Å². The van der Waals surface area contributed by atoms with Crippen LogP contribution in [0.2, 0.25) is 12.6 Å². The Morgan fingerprint density at radius 1 is 1.25 bits per heavy atom. The number of hydrogen-bond acceptors (Lipinski definition) is 4. The molecule has 0 aromatic heterocycles. The largest absolute Gasteiger partial charge is 0.398 e. The molecular weight excluding hydrogens is 222 g/mol. The van der Waals surface area contributed by atoms with E-state index in [4.69, 9.17) is 13.6 Å². The highest BCUT2D eigenvalue weighted by molar-refractivity contribution is 6.65. The van der Waals surface area contributed by atoms with Crippen molar-refractivity contribution in [3.05, 3.63) is 0 Å². The number of nitrogens with one attached hydrogen (secondary N) is 1. The van der Waals surface area contributed by atoms with Crippen LogP contribution in [0.15, 0.2) is 0 Å². The summed E-state index contributed by atoms with van der Waals surface area (Å²) >= 11 is 0. The summed E-state index contributed by atoms with van der Waals surface area (Å²) in [4.78, 5) is 0. The van der Waals surface area contributed by atoms with E-state index in [-0.39, 0.29) is 0 Å². The smallest absolute Gasteiger partial charge is 0.334 e. The van der Waals surface area contributed by atoms with Gasteiger partial charge in [0.15, 0.2) is 0 Å². The average molecular weight is 249 g/mol. The Morgan fingerprint density at radius 2 is 1.88 bits per heavy atom. The SMILES string of the molecule is CNCC(C)COCCC[Si](C)(OC)OC.